The van der Waals surface area contributed by atoms with Crippen LogP contribution in [0.4, 0.5) is 22.0 Å². The average molecular weight is 186 g/mol. The molecule has 6 heteroatoms. The Morgan fingerprint density at radius 3 is 2.17 bits per heavy atom. The molecule has 0 atom stereocenters. The molecule has 0 bridgehead atoms. The van der Waals surface area contributed by atoms with Crippen LogP contribution in [0.3, 0.4) is 0 Å². The molecule has 0 aromatic rings. The molecule has 0 fully saturated rings. The Kier molecular flexibility index (Phi) is 1.85. The van der Waals surface area contributed by atoms with Gasteiger partial charge in [-0.05, 0) is 0 Å². The number of hydrogen-bond donors (Lipinski definition) is 1. The zero-order valence-corrected chi connectivity index (χ0v) is 5.54. The summed E-state index contributed by atoms with van der Waals surface area (Å²) in [6.07, 6.45) is -1.64. The Morgan fingerprint density at radius 2 is 1.67 bits per heavy atom. The molecular weight excluding hydrogens is 183 g/mol. The molecule has 0 aromatic heterocycles. The summed E-state index contributed by atoms with van der Waals surface area (Å²) < 4.78 is 61.0. The van der Waals surface area contributed by atoms with E-state index in [1.165, 1.54) is 0 Å². The van der Waals surface area contributed by atoms with Crippen LogP contribution in [0.15, 0.2) is 23.2 Å². The van der Waals surface area contributed by atoms with Gasteiger partial charge < -0.3 is 5.11 Å². The number of aliphatic hydroxyl groups excluding tert-OH is 1. The predicted molar refractivity (Wildman–Crippen MR) is 29.6 cm³/mol. The lowest BCUT2D eigenvalue weighted by Crippen LogP contribution is -2.22. The summed E-state index contributed by atoms with van der Waals surface area (Å²) in [5.41, 5.74) is 0. The lowest BCUT2D eigenvalue weighted by molar-refractivity contribution is 0.00319. The van der Waals surface area contributed by atoms with Gasteiger partial charge in [-0.15, -0.1) is 0 Å². The van der Waals surface area contributed by atoms with Gasteiger partial charge in [0.25, 0.3) is 0 Å². The molecule has 0 amide bonds. The Balaban J connectivity index is 3.20. The quantitative estimate of drug-likeness (QED) is 0.576. The van der Waals surface area contributed by atoms with Gasteiger partial charge in [-0.25, -0.2) is 8.78 Å². The van der Waals surface area contributed by atoms with Crippen molar-refractivity contribution in [2.75, 3.05) is 0 Å². The second kappa shape index (κ2) is 2.46. The van der Waals surface area contributed by atoms with Crippen LogP contribution in [0.2, 0.25) is 0 Å². The zero-order chi connectivity index (χ0) is 9.52. The molecular formula is C6H3F5O. The number of hydrogen-bond acceptors (Lipinski definition) is 1. The minimum Gasteiger partial charge on any atom is -0.503 e. The number of allylic oxidation sites excluding steroid dienone is 3. The monoisotopic (exact) mass is 186 g/mol. The first-order chi connectivity index (χ1) is 5.36. The molecule has 12 heavy (non-hydrogen) atoms. The van der Waals surface area contributed by atoms with Gasteiger partial charge in [-0.1, -0.05) is 0 Å². The molecule has 1 N–H and O–H groups in total. The SMILES string of the molecule is OC1=C(F)CC(F)(F)C(F)=C1F. The van der Waals surface area contributed by atoms with Gasteiger partial charge in [0.15, 0.2) is 11.6 Å². The number of rotatable bonds is 0. The van der Waals surface area contributed by atoms with Crippen LogP contribution in [0, 0.1) is 0 Å². The van der Waals surface area contributed by atoms with Crippen LogP contribution in [0.25, 0.3) is 0 Å². The predicted octanol–water partition coefficient (Wildman–Crippen LogP) is 2.92. The van der Waals surface area contributed by atoms with Crippen LogP contribution < -0.4 is 0 Å². The molecule has 0 saturated carbocycles. The van der Waals surface area contributed by atoms with Crippen molar-refractivity contribution < 1.29 is 27.1 Å². The van der Waals surface area contributed by atoms with Gasteiger partial charge in [-0.3, -0.25) is 0 Å². The summed E-state index contributed by atoms with van der Waals surface area (Å²) in [5.74, 6) is -12.3. The van der Waals surface area contributed by atoms with Crippen molar-refractivity contribution >= 4 is 0 Å². The first-order valence-corrected chi connectivity index (χ1v) is 2.88. The maximum absolute atomic E-state index is 12.2. The maximum Gasteiger partial charge on any atom is 0.308 e. The van der Waals surface area contributed by atoms with Crippen molar-refractivity contribution in [1.29, 1.82) is 0 Å². The second-order valence-electron chi connectivity index (χ2n) is 2.26. The van der Waals surface area contributed by atoms with E-state index in [0.29, 0.717) is 0 Å². The van der Waals surface area contributed by atoms with Gasteiger partial charge in [0, 0.05) is 0 Å². The summed E-state index contributed by atoms with van der Waals surface area (Å²) >= 11 is 0. The fourth-order valence-electron chi connectivity index (χ4n) is 0.740. The normalized spacial score (nSPS) is 23.4. The first kappa shape index (κ1) is 9.02. The number of aliphatic hydroxyl groups is 1. The van der Waals surface area contributed by atoms with Crippen LogP contribution in [0.5, 0.6) is 0 Å². The van der Waals surface area contributed by atoms with Crippen molar-refractivity contribution in [3.8, 4) is 0 Å². The third kappa shape index (κ3) is 1.17. The van der Waals surface area contributed by atoms with Gasteiger partial charge >= 0.3 is 5.92 Å². The molecule has 0 saturated heterocycles. The van der Waals surface area contributed by atoms with E-state index in [0.717, 1.165) is 0 Å². The average Bonchev–Trinajstić information content (AvgIpc) is 1.97. The summed E-state index contributed by atoms with van der Waals surface area (Å²) in [5, 5.41) is 8.35. The summed E-state index contributed by atoms with van der Waals surface area (Å²) in [6, 6.07) is 0. The molecule has 0 spiro atoms. The largest absolute Gasteiger partial charge is 0.503 e. The molecule has 0 aliphatic heterocycles. The fourth-order valence-corrected chi connectivity index (χ4v) is 0.740. The summed E-state index contributed by atoms with van der Waals surface area (Å²) in [7, 11) is 0. The highest BCUT2D eigenvalue weighted by Gasteiger charge is 2.45. The third-order valence-corrected chi connectivity index (χ3v) is 1.36. The standard InChI is InChI=1S/C6H3F5O/c7-2-1-6(10,11)5(9)3(8)4(2)12/h12H,1H2. The van der Waals surface area contributed by atoms with Crippen LogP contribution in [-0.4, -0.2) is 11.0 Å². The van der Waals surface area contributed by atoms with Gasteiger partial charge in [0.2, 0.25) is 11.7 Å². The van der Waals surface area contributed by atoms with E-state index >= 15 is 0 Å². The minimum absolute atomic E-state index is 1.64. The van der Waals surface area contributed by atoms with Crippen molar-refractivity contribution in [2.45, 2.75) is 12.3 Å². The van der Waals surface area contributed by atoms with Crippen molar-refractivity contribution in [3.63, 3.8) is 0 Å². The number of halogens is 5. The topological polar surface area (TPSA) is 20.2 Å². The van der Waals surface area contributed by atoms with Crippen LogP contribution in [-0.2, 0) is 0 Å². The van der Waals surface area contributed by atoms with E-state index in [-0.39, 0.29) is 0 Å². The van der Waals surface area contributed by atoms with E-state index in [1.807, 2.05) is 0 Å². The zero-order valence-electron chi connectivity index (χ0n) is 5.54. The molecule has 68 valence electrons. The number of alkyl halides is 2. The molecule has 1 aliphatic carbocycles. The van der Waals surface area contributed by atoms with Crippen LogP contribution >= 0.6 is 0 Å². The minimum atomic E-state index is -4.19. The van der Waals surface area contributed by atoms with E-state index in [4.69, 9.17) is 5.11 Å². The highest BCUT2D eigenvalue weighted by atomic mass is 19.3. The van der Waals surface area contributed by atoms with E-state index < -0.39 is 35.6 Å². The van der Waals surface area contributed by atoms with Gasteiger partial charge in [0.05, 0.1) is 6.42 Å². The Bertz CT molecular complexity index is 278. The van der Waals surface area contributed by atoms with Crippen molar-refractivity contribution in [1.82, 2.24) is 0 Å². The summed E-state index contributed by atoms with van der Waals surface area (Å²) in [4.78, 5) is 0. The molecule has 1 rings (SSSR count). The molecule has 0 aromatic carbocycles. The second-order valence-corrected chi connectivity index (χ2v) is 2.26. The fraction of sp³-hybridized carbons (Fsp3) is 0.333. The molecule has 0 heterocycles. The van der Waals surface area contributed by atoms with E-state index in [2.05, 4.69) is 0 Å². The highest BCUT2D eigenvalue weighted by molar-refractivity contribution is 5.33. The molecule has 1 aliphatic rings. The maximum atomic E-state index is 12.2. The Hall–Kier alpha value is -1.07. The van der Waals surface area contributed by atoms with E-state index in [9.17, 15) is 22.0 Å². The first-order valence-electron chi connectivity index (χ1n) is 2.88. The molecule has 0 unspecified atom stereocenters. The smallest absolute Gasteiger partial charge is 0.308 e. The van der Waals surface area contributed by atoms with E-state index in [1.54, 1.807) is 0 Å². The van der Waals surface area contributed by atoms with Crippen molar-refractivity contribution in [3.05, 3.63) is 23.2 Å². The van der Waals surface area contributed by atoms with Gasteiger partial charge in [0.1, 0.15) is 0 Å². The molecule has 1 nitrogen and oxygen atoms in total. The Labute approximate surface area is 63.8 Å². The third-order valence-electron chi connectivity index (χ3n) is 1.36. The van der Waals surface area contributed by atoms with Crippen LogP contribution in [0.1, 0.15) is 6.42 Å². The lowest BCUT2D eigenvalue weighted by Gasteiger charge is -2.18. The lowest BCUT2D eigenvalue weighted by atomic mass is 10.1. The summed E-state index contributed by atoms with van der Waals surface area (Å²) in [6.45, 7) is 0. The highest BCUT2D eigenvalue weighted by Crippen LogP contribution is 2.41. The molecule has 0 radical (unpaired) electrons. The van der Waals surface area contributed by atoms with Gasteiger partial charge in [-0.2, -0.15) is 13.2 Å². The van der Waals surface area contributed by atoms with Crippen molar-refractivity contribution in [2.24, 2.45) is 0 Å². The Morgan fingerprint density at radius 1 is 1.17 bits per heavy atom.